The molecule has 1 aliphatic heterocycles. The van der Waals surface area contributed by atoms with Gasteiger partial charge in [-0.3, -0.25) is 0 Å². The summed E-state index contributed by atoms with van der Waals surface area (Å²) >= 11 is 0. The molecule has 0 aromatic carbocycles. The quantitative estimate of drug-likeness (QED) is 0.852. The normalized spacial score (nSPS) is 18.0. The molecule has 1 atom stereocenters. The van der Waals surface area contributed by atoms with E-state index in [0.717, 1.165) is 31.7 Å². The molecule has 0 saturated carbocycles. The minimum atomic E-state index is -0.487. The van der Waals surface area contributed by atoms with E-state index in [-0.39, 0.29) is 6.09 Å². The summed E-state index contributed by atoms with van der Waals surface area (Å²) in [6.45, 7) is 7.92. The average molecular weight is 330 g/mol. The standard InChI is InChI=1S/C18H26N4O2/c1-18(2,3)24-17(23)21(4)12-14-7-6-10-22(13-14)16-15(11-19)8-5-9-20-16/h5,8-9,14H,6-7,10,12-13H2,1-4H3. The third-order valence-electron chi connectivity index (χ3n) is 3.96. The largest absolute Gasteiger partial charge is 0.444 e. The van der Waals surface area contributed by atoms with Crippen molar-refractivity contribution in [3.8, 4) is 6.07 Å². The molecule has 0 radical (unpaired) electrons. The number of ether oxygens (including phenoxy) is 1. The first-order chi connectivity index (χ1) is 11.3. The van der Waals surface area contributed by atoms with E-state index >= 15 is 0 Å². The zero-order valence-electron chi connectivity index (χ0n) is 15.0. The highest BCUT2D eigenvalue weighted by atomic mass is 16.6. The van der Waals surface area contributed by atoms with Gasteiger partial charge in [-0.25, -0.2) is 9.78 Å². The smallest absolute Gasteiger partial charge is 0.410 e. The van der Waals surface area contributed by atoms with Crippen molar-refractivity contribution < 1.29 is 9.53 Å². The molecule has 2 heterocycles. The number of amides is 1. The van der Waals surface area contributed by atoms with Crippen molar-refractivity contribution in [2.75, 3.05) is 31.6 Å². The first-order valence-corrected chi connectivity index (χ1v) is 8.34. The van der Waals surface area contributed by atoms with Gasteiger partial charge in [0.15, 0.2) is 0 Å². The number of carbonyl (C=O) groups is 1. The zero-order valence-corrected chi connectivity index (χ0v) is 15.0. The molecule has 1 amide bonds. The predicted octanol–water partition coefficient (Wildman–Crippen LogP) is 3.04. The van der Waals surface area contributed by atoms with Gasteiger partial charge in [0.05, 0.1) is 5.56 Å². The van der Waals surface area contributed by atoms with Gasteiger partial charge < -0.3 is 14.5 Å². The second-order valence-electron chi connectivity index (χ2n) is 7.30. The van der Waals surface area contributed by atoms with Gasteiger partial charge in [-0.15, -0.1) is 0 Å². The van der Waals surface area contributed by atoms with Gasteiger partial charge in [0.2, 0.25) is 0 Å². The van der Waals surface area contributed by atoms with Crippen molar-refractivity contribution >= 4 is 11.9 Å². The van der Waals surface area contributed by atoms with Crippen LogP contribution in [0, 0.1) is 17.2 Å². The van der Waals surface area contributed by atoms with E-state index in [2.05, 4.69) is 16.0 Å². The van der Waals surface area contributed by atoms with Crippen molar-refractivity contribution in [1.82, 2.24) is 9.88 Å². The molecule has 1 aliphatic rings. The van der Waals surface area contributed by atoms with E-state index in [1.807, 2.05) is 20.8 Å². The van der Waals surface area contributed by atoms with Crippen LogP contribution in [0.4, 0.5) is 10.6 Å². The maximum atomic E-state index is 12.1. The lowest BCUT2D eigenvalue weighted by atomic mass is 9.97. The number of rotatable bonds is 3. The fourth-order valence-corrected chi connectivity index (χ4v) is 2.94. The molecular formula is C18H26N4O2. The topological polar surface area (TPSA) is 69.5 Å². The van der Waals surface area contributed by atoms with E-state index in [1.165, 1.54) is 0 Å². The number of anilines is 1. The van der Waals surface area contributed by atoms with Gasteiger partial charge in [0, 0.05) is 32.9 Å². The molecule has 24 heavy (non-hydrogen) atoms. The zero-order chi connectivity index (χ0) is 17.7. The number of hydrogen-bond donors (Lipinski definition) is 0. The maximum Gasteiger partial charge on any atom is 0.410 e. The second-order valence-corrected chi connectivity index (χ2v) is 7.30. The van der Waals surface area contributed by atoms with Crippen LogP contribution in [0.2, 0.25) is 0 Å². The van der Waals surface area contributed by atoms with E-state index in [0.29, 0.717) is 18.0 Å². The van der Waals surface area contributed by atoms with Crippen LogP contribution in [0.3, 0.4) is 0 Å². The van der Waals surface area contributed by atoms with E-state index in [9.17, 15) is 10.1 Å². The molecule has 1 unspecified atom stereocenters. The summed E-state index contributed by atoms with van der Waals surface area (Å²) in [4.78, 5) is 20.3. The molecule has 0 bridgehead atoms. The molecule has 6 heteroatoms. The number of nitriles is 1. The second kappa shape index (κ2) is 7.52. The first-order valence-electron chi connectivity index (χ1n) is 8.34. The lowest BCUT2D eigenvalue weighted by Crippen LogP contribution is -2.43. The summed E-state index contributed by atoms with van der Waals surface area (Å²) in [5.41, 5.74) is 0.109. The van der Waals surface area contributed by atoms with Gasteiger partial charge in [-0.1, -0.05) is 0 Å². The van der Waals surface area contributed by atoms with Crippen LogP contribution in [0.15, 0.2) is 18.3 Å². The first kappa shape index (κ1) is 18.1. The predicted molar refractivity (Wildman–Crippen MR) is 92.8 cm³/mol. The molecule has 0 N–H and O–H groups in total. The highest BCUT2D eigenvalue weighted by Gasteiger charge is 2.26. The summed E-state index contributed by atoms with van der Waals surface area (Å²) in [7, 11) is 1.77. The Kier molecular flexibility index (Phi) is 5.66. The molecule has 130 valence electrons. The summed E-state index contributed by atoms with van der Waals surface area (Å²) in [6, 6.07) is 5.77. The number of pyridine rings is 1. The molecule has 1 aromatic heterocycles. The number of nitrogens with zero attached hydrogens (tertiary/aromatic N) is 4. The van der Waals surface area contributed by atoms with Crippen molar-refractivity contribution in [2.24, 2.45) is 5.92 Å². The van der Waals surface area contributed by atoms with Gasteiger partial charge in [-0.2, -0.15) is 5.26 Å². The monoisotopic (exact) mass is 330 g/mol. The van der Waals surface area contributed by atoms with Crippen molar-refractivity contribution in [3.63, 3.8) is 0 Å². The molecule has 0 aliphatic carbocycles. The van der Waals surface area contributed by atoms with Crippen LogP contribution in [-0.2, 0) is 4.74 Å². The maximum absolute atomic E-state index is 12.1. The minimum absolute atomic E-state index is 0.296. The fourth-order valence-electron chi connectivity index (χ4n) is 2.94. The lowest BCUT2D eigenvalue weighted by Gasteiger charge is -2.36. The average Bonchev–Trinajstić information content (AvgIpc) is 2.53. The molecule has 6 nitrogen and oxygen atoms in total. The highest BCUT2D eigenvalue weighted by Crippen LogP contribution is 2.24. The van der Waals surface area contributed by atoms with Crippen molar-refractivity contribution in [2.45, 2.75) is 39.2 Å². The van der Waals surface area contributed by atoms with Crippen LogP contribution >= 0.6 is 0 Å². The molecular weight excluding hydrogens is 304 g/mol. The van der Waals surface area contributed by atoms with Crippen LogP contribution < -0.4 is 4.90 Å². The number of carbonyl (C=O) groups excluding carboxylic acids is 1. The third-order valence-corrected chi connectivity index (χ3v) is 3.96. The Bertz CT molecular complexity index is 618. The summed E-state index contributed by atoms with van der Waals surface area (Å²) in [6.07, 6.45) is 3.49. The SMILES string of the molecule is CN(CC1CCCN(c2ncccc2C#N)C1)C(=O)OC(C)(C)C. The molecule has 2 rings (SSSR count). The summed E-state index contributed by atoms with van der Waals surface area (Å²) in [5, 5.41) is 9.26. The summed E-state index contributed by atoms with van der Waals surface area (Å²) < 4.78 is 5.41. The van der Waals surface area contributed by atoms with Crippen LogP contribution in [0.25, 0.3) is 0 Å². The highest BCUT2D eigenvalue weighted by molar-refractivity contribution is 5.67. The van der Waals surface area contributed by atoms with Gasteiger partial charge in [-0.05, 0) is 51.7 Å². The Hall–Kier alpha value is -2.29. The molecule has 1 fully saturated rings. The Labute approximate surface area is 144 Å². The van der Waals surface area contributed by atoms with E-state index in [4.69, 9.17) is 4.74 Å². The number of hydrogen-bond acceptors (Lipinski definition) is 5. The van der Waals surface area contributed by atoms with E-state index < -0.39 is 5.60 Å². The third kappa shape index (κ3) is 4.85. The van der Waals surface area contributed by atoms with Crippen LogP contribution in [0.5, 0.6) is 0 Å². The minimum Gasteiger partial charge on any atom is -0.444 e. The van der Waals surface area contributed by atoms with E-state index in [1.54, 1.807) is 30.3 Å². The summed E-state index contributed by atoms with van der Waals surface area (Å²) in [5.74, 6) is 1.08. The number of piperidine rings is 1. The van der Waals surface area contributed by atoms with Crippen LogP contribution in [-0.4, -0.2) is 48.3 Å². The van der Waals surface area contributed by atoms with Crippen molar-refractivity contribution in [1.29, 1.82) is 5.26 Å². The Morgan fingerprint density at radius 2 is 2.29 bits per heavy atom. The fraction of sp³-hybridized carbons (Fsp3) is 0.611. The number of aromatic nitrogens is 1. The van der Waals surface area contributed by atoms with Gasteiger partial charge in [0.25, 0.3) is 0 Å². The van der Waals surface area contributed by atoms with Crippen molar-refractivity contribution in [3.05, 3.63) is 23.9 Å². The molecule has 1 aromatic rings. The Morgan fingerprint density at radius 3 is 2.96 bits per heavy atom. The Balaban J connectivity index is 1.98. The molecule has 0 spiro atoms. The molecule has 1 saturated heterocycles. The Morgan fingerprint density at radius 1 is 1.54 bits per heavy atom. The lowest BCUT2D eigenvalue weighted by molar-refractivity contribution is 0.0269. The van der Waals surface area contributed by atoms with Gasteiger partial charge >= 0.3 is 6.09 Å². The van der Waals surface area contributed by atoms with Crippen LogP contribution in [0.1, 0.15) is 39.2 Å². The van der Waals surface area contributed by atoms with Gasteiger partial charge in [0.1, 0.15) is 17.5 Å².